The number of aromatic nitrogens is 1. The largest absolute Gasteiger partial charge is 0.404 e. The fourth-order valence-electron chi connectivity index (χ4n) is 3.14. The van der Waals surface area contributed by atoms with E-state index in [-0.39, 0.29) is 0 Å². The first kappa shape index (κ1) is 11.9. The molecule has 0 aliphatic carbocycles. The van der Waals surface area contributed by atoms with Gasteiger partial charge in [0, 0.05) is 11.8 Å². The Morgan fingerprint density at radius 2 is 1.91 bits per heavy atom. The van der Waals surface area contributed by atoms with E-state index in [1.54, 1.807) is 0 Å². The van der Waals surface area contributed by atoms with E-state index >= 15 is 0 Å². The van der Waals surface area contributed by atoms with Gasteiger partial charge in [0.2, 0.25) is 0 Å². The van der Waals surface area contributed by atoms with Gasteiger partial charge in [-0.2, -0.15) is 0 Å². The SMILES string of the molecule is C1=c2ccccc2=NC12Cc1nc3ccccc3cc1ON2. The van der Waals surface area contributed by atoms with Crippen LogP contribution in [-0.4, -0.2) is 10.6 Å². The van der Waals surface area contributed by atoms with Crippen LogP contribution in [0.25, 0.3) is 17.0 Å². The van der Waals surface area contributed by atoms with Crippen LogP contribution in [-0.2, 0) is 6.42 Å². The minimum Gasteiger partial charge on any atom is -0.404 e. The van der Waals surface area contributed by atoms with Gasteiger partial charge in [0.1, 0.15) is 0 Å². The smallest absolute Gasteiger partial charge is 0.169 e. The standard InChI is InChI=1S/C18H13N3O/c1-3-7-14-12(5-1)9-17-16(19-14)11-18(21-22-17)10-13-6-2-4-8-15(13)20-18/h1-10,21H,11H2. The van der Waals surface area contributed by atoms with E-state index in [9.17, 15) is 0 Å². The molecule has 4 heteroatoms. The van der Waals surface area contributed by atoms with Gasteiger partial charge in [-0.25, -0.2) is 4.98 Å². The molecule has 0 radical (unpaired) electrons. The van der Waals surface area contributed by atoms with Crippen LogP contribution in [0.2, 0.25) is 0 Å². The average Bonchev–Trinajstić information content (AvgIpc) is 2.90. The Bertz CT molecular complexity index is 991. The van der Waals surface area contributed by atoms with Gasteiger partial charge in [0.25, 0.3) is 0 Å². The summed E-state index contributed by atoms with van der Waals surface area (Å²) in [5.74, 6) is 0.781. The van der Waals surface area contributed by atoms with Crippen molar-refractivity contribution in [3.63, 3.8) is 0 Å². The number of nitrogens with one attached hydrogen (secondary N) is 1. The van der Waals surface area contributed by atoms with Crippen molar-refractivity contribution in [1.82, 2.24) is 10.5 Å². The second-order valence-corrected chi connectivity index (χ2v) is 5.75. The summed E-state index contributed by atoms with van der Waals surface area (Å²) in [6.45, 7) is 0. The molecule has 1 spiro atoms. The fraction of sp³-hybridized carbons (Fsp3) is 0.111. The lowest BCUT2D eigenvalue weighted by atomic mass is 10.0. The Morgan fingerprint density at radius 1 is 1.05 bits per heavy atom. The summed E-state index contributed by atoms with van der Waals surface area (Å²) in [4.78, 5) is 15.3. The fourth-order valence-corrected chi connectivity index (χ4v) is 3.14. The molecule has 0 bridgehead atoms. The number of fused-ring (bicyclic) bond motifs is 3. The van der Waals surface area contributed by atoms with Crippen molar-refractivity contribution in [2.45, 2.75) is 12.1 Å². The summed E-state index contributed by atoms with van der Waals surface area (Å²) in [5, 5.41) is 3.19. The number of benzene rings is 2. The molecule has 4 nitrogen and oxygen atoms in total. The first-order valence-electron chi connectivity index (χ1n) is 7.32. The maximum atomic E-state index is 5.76. The van der Waals surface area contributed by atoms with E-state index in [1.807, 2.05) is 48.5 Å². The van der Waals surface area contributed by atoms with Crippen molar-refractivity contribution in [2.75, 3.05) is 0 Å². The minimum absolute atomic E-state index is 0.549. The van der Waals surface area contributed by atoms with Crippen LogP contribution in [0.5, 0.6) is 5.75 Å². The number of nitrogens with zero attached hydrogens (tertiary/aromatic N) is 2. The zero-order valence-corrected chi connectivity index (χ0v) is 11.8. The summed E-state index contributed by atoms with van der Waals surface area (Å²) in [6, 6.07) is 18.2. The monoisotopic (exact) mass is 287 g/mol. The highest BCUT2D eigenvalue weighted by molar-refractivity contribution is 5.80. The molecule has 2 aromatic carbocycles. The molecule has 5 rings (SSSR count). The zero-order valence-electron chi connectivity index (χ0n) is 11.8. The molecule has 2 aliphatic rings. The average molecular weight is 287 g/mol. The van der Waals surface area contributed by atoms with Gasteiger partial charge in [0.15, 0.2) is 11.4 Å². The molecule has 1 N–H and O–H groups in total. The van der Waals surface area contributed by atoms with E-state index in [1.165, 1.54) is 0 Å². The molecule has 0 fully saturated rings. The lowest BCUT2D eigenvalue weighted by Gasteiger charge is -2.30. The molecule has 1 unspecified atom stereocenters. The van der Waals surface area contributed by atoms with Gasteiger partial charge in [-0.05, 0) is 29.5 Å². The van der Waals surface area contributed by atoms with E-state index in [2.05, 4.69) is 17.6 Å². The van der Waals surface area contributed by atoms with Gasteiger partial charge >= 0.3 is 0 Å². The maximum Gasteiger partial charge on any atom is 0.169 e. The number of rotatable bonds is 0. The van der Waals surface area contributed by atoms with E-state index < -0.39 is 5.66 Å². The summed E-state index contributed by atoms with van der Waals surface area (Å²) < 4.78 is 0. The minimum atomic E-state index is -0.549. The first-order chi connectivity index (χ1) is 10.8. The number of hydrogen-bond donors (Lipinski definition) is 1. The molecule has 106 valence electrons. The Labute approximate surface area is 126 Å². The Balaban J connectivity index is 1.65. The van der Waals surface area contributed by atoms with Gasteiger partial charge in [0.05, 0.1) is 16.6 Å². The van der Waals surface area contributed by atoms with Crippen LogP contribution in [0.3, 0.4) is 0 Å². The molecule has 0 saturated carbocycles. The number of hydrogen-bond acceptors (Lipinski definition) is 4. The second-order valence-electron chi connectivity index (χ2n) is 5.75. The summed E-state index contributed by atoms with van der Waals surface area (Å²) >= 11 is 0. The van der Waals surface area contributed by atoms with Crippen molar-refractivity contribution in [3.05, 3.63) is 70.9 Å². The van der Waals surface area contributed by atoms with Gasteiger partial charge in [-0.3, -0.25) is 4.99 Å². The highest BCUT2D eigenvalue weighted by Gasteiger charge is 2.36. The number of hydroxylamine groups is 1. The molecule has 3 heterocycles. The van der Waals surface area contributed by atoms with E-state index in [0.717, 1.165) is 32.9 Å². The third-order valence-electron chi connectivity index (χ3n) is 4.19. The summed E-state index contributed by atoms with van der Waals surface area (Å²) in [7, 11) is 0. The third-order valence-corrected chi connectivity index (χ3v) is 4.19. The van der Waals surface area contributed by atoms with Crippen molar-refractivity contribution >= 4 is 17.0 Å². The van der Waals surface area contributed by atoms with Crippen LogP contribution in [0.15, 0.2) is 59.6 Å². The predicted octanol–water partition coefficient (Wildman–Crippen LogP) is 1.48. The topological polar surface area (TPSA) is 46.5 Å². The van der Waals surface area contributed by atoms with Crippen molar-refractivity contribution in [2.24, 2.45) is 4.99 Å². The summed E-state index contributed by atoms with van der Waals surface area (Å²) in [6.07, 6.45) is 2.80. The Morgan fingerprint density at radius 3 is 2.86 bits per heavy atom. The molecule has 2 aliphatic heterocycles. The highest BCUT2D eigenvalue weighted by Crippen LogP contribution is 2.31. The molecule has 3 aromatic rings. The van der Waals surface area contributed by atoms with Crippen LogP contribution in [0, 0.1) is 0 Å². The molecular weight excluding hydrogens is 274 g/mol. The predicted molar refractivity (Wildman–Crippen MR) is 83.6 cm³/mol. The van der Waals surface area contributed by atoms with Crippen molar-refractivity contribution in [3.8, 4) is 5.75 Å². The first-order valence-corrected chi connectivity index (χ1v) is 7.32. The second kappa shape index (κ2) is 4.15. The lowest BCUT2D eigenvalue weighted by Crippen LogP contribution is -2.48. The summed E-state index contributed by atoms with van der Waals surface area (Å²) in [5.41, 5.74) is 4.47. The Kier molecular flexibility index (Phi) is 2.24. The van der Waals surface area contributed by atoms with E-state index in [0.29, 0.717) is 6.42 Å². The zero-order chi connectivity index (χ0) is 14.6. The van der Waals surface area contributed by atoms with Gasteiger partial charge in [-0.1, -0.05) is 36.4 Å². The molecule has 1 atom stereocenters. The van der Waals surface area contributed by atoms with Gasteiger partial charge in [-0.15, -0.1) is 5.48 Å². The molecule has 1 aromatic heterocycles. The van der Waals surface area contributed by atoms with Crippen molar-refractivity contribution < 1.29 is 4.84 Å². The number of pyridine rings is 1. The van der Waals surface area contributed by atoms with Crippen molar-refractivity contribution in [1.29, 1.82) is 0 Å². The van der Waals surface area contributed by atoms with Crippen LogP contribution < -0.4 is 20.9 Å². The maximum absolute atomic E-state index is 5.76. The molecule has 0 saturated heterocycles. The van der Waals surface area contributed by atoms with Crippen LogP contribution >= 0.6 is 0 Å². The van der Waals surface area contributed by atoms with Crippen LogP contribution in [0.1, 0.15) is 5.69 Å². The molecular formula is C18H13N3O. The molecule has 0 amide bonds. The number of para-hydroxylation sites is 2. The normalized spacial score (nSPS) is 21.6. The third kappa shape index (κ3) is 1.68. The Hall–Kier alpha value is -2.72. The quantitative estimate of drug-likeness (QED) is 0.681. The molecule has 22 heavy (non-hydrogen) atoms. The highest BCUT2D eigenvalue weighted by atomic mass is 16.7. The lowest BCUT2D eigenvalue weighted by molar-refractivity contribution is 0.105. The van der Waals surface area contributed by atoms with Crippen LogP contribution in [0.4, 0.5) is 0 Å². The van der Waals surface area contributed by atoms with E-state index in [4.69, 9.17) is 14.8 Å². The van der Waals surface area contributed by atoms with Gasteiger partial charge < -0.3 is 4.84 Å².